The van der Waals surface area contributed by atoms with Crippen LogP contribution in [0.5, 0.6) is 0 Å². The van der Waals surface area contributed by atoms with E-state index in [1.54, 1.807) is 0 Å². The lowest BCUT2D eigenvalue weighted by Gasteiger charge is -2.41. The zero-order valence-corrected chi connectivity index (χ0v) is 17.7. The summed E-state index contributed by atoms with van der Waals surface area (Å²) in [6, 6.07) is 10.2. The fourth-order valence-electron chi connectivity index (χ4n) is 2.93. The lowest BCUT2D eigenvalue weighted by molar-refractivity contribution is -0.155. The zero-order valence-electron chi connectivity index (χ0n) is 16.7. The second kappa shape index (κ2) is 7.49. The Balaban J connectivity index is 2.38. The summed E-state index contributed by atoms with van der Waals surface area (Å²) >= 11 is 0. The number of aliphatic hydroxyl groups is 1. The lowest BCUT2D eigenvalue weighted by atomic mass is 9.99. The van der Waals surface area contributed by atoms with E-state index in [1.165, 1.54) is 0 Å². The Bertz CT molecular complexity index is 551. The van der Waals surface area contributed by atoms with Gasteiger partial charge in [-0.1, -0.05) is 51.1 Å². The van der Waals surface area contributed by atoms with Crippen LogP contribution in [-0.2, 0) is 13.9 Å². The number of aliphatic hydroxyl groups excluding tert-OH is 1. The third kappa shape index (κ3) is 4.92. The van der Waals surface area contributed by atoms with E-state index in [-0.39, 0.29) is 30.0 Å². The van der Waals surface area contributed by atoms with Crippen molar-refractivity contribution in [1.29, 1.82) is 0 Å². The molecule has 1 aliphatic rings. The summed E-state index contributed by atoms with van der Waals surface area (Å²) in [6.45, 7) is 15.1. The van der Waals surface area contributed by atoms with Crippen LogP contribution in [0.1, 0.15) is 52.7 Å². The van der Waals surface area contributed by atoms with Gasteiger partial charge in [0.15, 0.2) is 14.1 Å². The van der Waals surface area contributed by atoms with Gasteiger partial charge in [0.2, 0.25) is 0 Å². The molecule has 1 aliphatic heterocycles. The minimum absolute atomic E-state index is 0.0716. The SMILES string of the molecule is CC1(C)O[C@H]([C@H](O[Si](C)(C)C(C)(C)C)c2ccccc2)[C@@H](CCO)O1. The molecule has 0 unspecified atom stereocenters. The van der Waals surface area contributed by atoms with Crippen LogP contribution in [0.3, 0.4) is 0 Å². The van der Waals surface area contributed by atoms with Crippen molar-refractivity contribution < 1.29 is 19.0 Å². The standard InChI is InChI=1S/C20H34O4Si/c1-19(2,3)25(6,7)24-17(15-11-9-8-10-12-15)18-16(13-14-21)22-20(4,5)23-18/h8-12,16-18,21H,13-14H2,1-7H3/t16-,17-,18+/m1/s1. The molecule has 4 nitrogen and oxygen atoms in total. The van der Waals surface area contributed by atoms with E-state index >= 15 is 0 Å². The van der Waals surface area contributed by atoms with Gasteiger partial charge in [0.05, 0.1) is 12.2 Å². The van der Waals surface area contributed by atoms with Gasteiger partial charge < -0.3 is 19.0 Å². The molecule has 0 amide bonds. The molecule has 0 radical (unpaired) electrons. The molecule has 1 saturated heterocycles. The molecule has 1 aromatic rings. The third-order valence-corrected chi connectivity index (χ3v) is 9.74. The van der Waals surface area contributed by atoms with E-state index in [4.69, 9.17) is 13.9 Å². The topological polar surface area (TPSA) is 47.9 Å². The molecular weight excluding hydrogens is 332 g/mol. The molecule has 0 spiro atoms. The van der Waals surface area contributed by atoms with Crippen LogP contribution in [-0.4, -0.2) is 38.0 Å². The van der Waals surface area contributed by atoms with Crippen LogP contribution in [0.4, 0.5) is 0 Å². The van der Waals surface area contributed by atoms with Crippen molar-refractivity contribution >= 4 is 8.32 Å². The van der Waals surface area contributed by atoms with Crippen molar-refractivity contribution in [2.24, 2.45) is 0 Å². The fourth-order valence-corrected chi connectivity index (χ4v) is 4.19. The van der Waals surface area contributed by atoms with Gasteiger partial charge >= 0.3 is 0 Å². The molecule has 2 rings (SSSR count). The highest BCUT2D eigenvalue weighted by atomic mass is 28.4. The zero-order chi connectivity index (χ0) is 18.9. The van der Waals surface area contributed by atoms with Crippen molar-refractivity contribution in [1.82, 2.24) is 0 Å². The predicted octanol–water partition coefficient (Wildman–Crippen LogP) is 4.65. The predicted molar refractivity (Wildman–Crippen MR) is 103 cm³/mol. The minimum Gasteiger partial charge on any atom is -0.407 e. The number of rotatable bonds is 6. The third-order valence-electron chi connectivity index (χ3n) is 5.29. The monoisotopic (exact) mass is 366 g/mol. The smallest absolute Gasteiger partial charge is 0.193 e. The first kappa shape index (κ1) is 20.6. The van der Waals surface area contributed by atoms with E-state index in [0.29, 0.717) is 6.42 Å². The Hall–Kier alpha value is -0.723. The van der Waals surface area contributed by atoms with Gasteiger partial charge in [-0.05, 0) is 44.0 Å². The van der Waals surface area contributed by atoms with Crippen molar-refractivity contribution in [3.8, 4) is 0 Å². The molecule has 1 N–H and O–H groups in total. The van der Waals surface area contributed by atoms with E-state index in [2.05, 4.69) is 46.0 Å². The molecule has 3 atom stereocenters. The van der Waals surface area contributed by atoms with Gasteiger partial charge in [-0.25, -0.2) is 0 Å². The second-order valence-corrected chi connectivity index (χ2v) is 13.6. The number of benzene rings is 1. The maximum atomic E-state index is 9.46. The Kier molecular flexibility index (Phi) is 6.17. The Morgan fingerprint density at radius 1 is 1.16 bits per heavy atom. The van der Waals surface area contributed by atoms with E-state index in [9.17, 15) is 5.11 Å². The quantitative estimate of drug-likeness (QED) is 0.744. The van der Waals surface area contributed by atoms with Gasteiger partial charge in [-0.15, -0.1) is 0 Å². The van der Waals surface area contributed by atoms with Crippen LogP contribution in [0, 0.1) is 0 Å². The minimum atomic E-state index is -2.02. The molecular formula is C20H34O4Si. The summed E-state index contributed by atoms with van der Waals surface area (Å²) in [5.74, 6) is -0.672. The summed E-state index contributed by atoms with van der Waals surface area (Å²) in [6.07, 6.45) is -0.0905. The number of hydrogen-bond acceptors (Lipinski definition) is 4. The first-order valence-corrected chi connectivity index (χ1v) is 12.1. The van der Waals surface area contributed by atoms with Crippen molar-refractivity contribution in [2.75, 3.05) is 6.61 Å². The second-order valence-electron chi connectivity index (χ2n) is 8.86. The fraction of sp³-hybridized carbons (Fsp3) is 0.700. The average Bonchev–Trinajstić information content (AvgIpc) is 2.79. The summed E-state index contributed by atoms with van der Waals surface area (Å²) in [4.78, 5) is 0. The summed E-state index contributed by atoms with van der Waals surface area (Å²) in [7, 11) is -2.02. The molecule has 0 aromatic heterocycles. The molecule has 1 fully saturated rings. The summed E-state index contributed by atoms with van der Waals surface area (Å²) in [5, 5.41) is 9.56. The first-order valence-electron chi connectivity index (χ1n) is 9.16. The number of ether oxygens (including phenoxy) is 2. The van der Waals surface area contributed by atoms with Crippen molar-refractivity contribution in [2.45, 2.75) is 83.3 Å². The normalized spacial score (nSPS) is 25.1. The molecule has 0 aliphatic carbocycles. The maximum absolute atomic E-state index is 9.46. The van der Waals surface area contributed by atoms with E-state index < -0.39 is 14.1 Å². The van der Waals surface area contributed by atoms with Gasteiger partial charge in [0.1, 0.15) is 6.10 Å². The van der Waals surface area contributed by atoms with Gasteiger partial charge in [0, 0.05) is 6.61 Å². The van der Waals surface area contributed by atoms with E-state index in [1.807, 2.05) is 32.0 Å². The van der Waals surface area contributed by atoms with Crippen LogP contribution in [0.15, 0.2) is 30.3 Å². The Morgan fingerprint density at radius 2 is 1.76 bits per heavy atom. The first-order chi connectivity index (χ1) is 11.5. The molecule has 1 aromatic carbocycles. The molecule has 0 bridgehead atoms. The summed E-state index contributed by atoms with van der Waals surface area (Å²) in [5.41, 5.74) is 1.10. The lowest BCUT2D eigenvalue weighted by Crippen LogP contribution is -2.45. The molecule has 1 heterocycles. The van der Waals surface area contributed by atoms with Crippen LogP contribution in [0.2, 0.25) is 18.1 Å². The number of hydrogen-bond donors (Lipinski definition) is 1. The van der Waals surface area contributed by atoms with Gasteiger partial charge in [0.25, 0.3) is 0 Å². The van der Waals surface area contributed by atoms with Crippen LogP contribution < -0.4 is 0 Å². The Morgan fingerprint density at radius 3 is 2.28 bits per heavy atom. The van der Waals surface area contributed by atoms with Crippen LogP contribution >= 0.6 is 0 Å². The van der Waals surface area contributed by atoms with Crippen LogP contribution in [0.25, 0.3) is 0 Å². The van der Waals surface area contributed by atoms with Crippen molar-refractivity contribution in [3.05, 3.63) is 35.9 Å². The highest BCUT2D eigenvalue weighted by molar-refractivity contribution is 6.74. The summed E-state index contributed by atoms with van der Waals surface area (Å²) < 4.78 is 19.1. The van der Waals surface area contributed by atoms with Crippen molar-refractivity contribution in [3.63, 3.8) is 0 Å². The molecule has 25 heavy (non-hydrogen) atoms. The molecule has 142 valence electrons. The molecule has 0 saturated carbocycles. The van der Waals surface area contributed by atoms with Gasteiger partial charge in [-0.2, -0.15) is 0 Å². The maximum Gasteiger partial charge on any atom is 0.193 e. The highest BCUT2D eigenvalue weighted by Crippen LogP contribution is 2.44. The van der Waals surface area contributed by atoms with E-state index in [0.717, 1.165) is 5.56 Å². The average molecular weight is 367 g/mol. The van der Waals surface area contributed by atoms with Gasteiger partial charge in [-0.3, -0.25) is 0 Å². The Labute approximate surface area is 153 Å². The molecule has 5 heteroatoms. The largest absolute Gasteiger partial charge is 0.407 e. The highest BCUT2D eigenvalue weighted by Gasteiger charge is 2.49.